The zero-order valence-corrected chi connectivity index (χ0v) is 14.7. The number of aliphatic hydroxyl groups excluding tert-OH is 1. The number of carboxylic acids is 2. The summed E-state index contributed by atoms with van der Waals surface area (Å²) in [5.74, 6) is -6.77. The molecule has 0 aromatic carbocycles. The van der Waals surface area contributed by atoms with Gasteiger partial charge in [-0.15, -0.1) is 0 Å². The van der Waals surface area contributed by atoms with Crippen molar-refractivity contribution < 1.29 is 44.1 Å². The minimum Gasteiger partial charge on any atom is -0.481 e. The number of rotatable bonds is 13. The van der Waals surface area contributed by atoms with Gasteiger partial charge in [0.25, 0.3) is 0 Å². The third kappa shape index (κ3) is 9.44. The second kappa shape index (κ2) is 12.2. The van der Waals surface area contributed by atoms with Crippen LogP contribution < -0.4 is 27.4 Å². The van der Waals surface area contributed by atoms with Crippen LogP contribution >= 0.6 is 0 Å². The van der Waals surface area contributed by atoms with Gasteiger partial charge in [0.1, 0.15) is 18.1 Å². The van der Waals surface area contributed by atoms with Crippen molar-refractivity contribution in [1.29, 1.82) is 0 Å². The first kappa shape index (κ1) is 24.7. The van der Waals surface area contributed by atoms with Crippen molar-refractivity contribution in [2.75, 3.05) is 13.2 Å². The lowest BCUT2D eigenvalue weighted by atomic mass is 10.1. The molecule has 0 aromatic rings. The molecule has 28 heavy (non-hydrogen) atoms. The summed E-state index contributed by atoms with van der Waals surface area (Å²) >= 11 is 0. The van der Waals surface area contributed by atoms with Crippen LogP contribution in [0.25, 0.3) is 0 Å². The average molecular weight is 405 g/mol. The molecule has 0 spiro atoms. The Labute approximate surface area is 158 Å². The summed E-state index contributed by atoms with van der Waals surface area (Å²) in [6.07, 6.45) is -1.73. The largest absolute Gasteiger partial charge is 0.481 e. The van der Waals surface area contributed by atoms with Crippen LogP contribution in [0.1, 0.15) is 19.3 Å². The van der Waals surface area contributed by atoms with Crippen molar-refractivity contribution in [2.45, 2.75) is 37.4 Å². The number of aliphatic hydroxyl groups is 1. The van der Waals surface area contributed by atoms with Gasteiger partial charge in [0.15, 0.2) is 0 Å². The Bertz CT molecular complexity index is 624. The molecule has 0 bridgehead atoms. The van der Waals surface area contributed by atoms with Crippen molar-refractivity contribution in [3.05, 3.63) is 0 Å². The maximum absolute atomic E-state index is 12.3. The number of nitrogens with one attached hydrogen (secondary N) is 3. The maximum atomic E-state index is 12.3. The van der Waals surface area contributed by atoms with Gasteiger partial charge in [0, 0.05) is 6.42 Å². The minimum atomic E-state index is -1.69. The van der Waals surface area contributed by atoms with Crippen molar-refractivity contribution >= 4 is 35.6 Å². The molecule has 10 N–H and O–H groups in total. The lowest BCUT2D eigenvalue weighted by molar-refractivity contribution is -0.144. The summed E-state index contributed by atoms with van der Waals surface area (Å²) in [5, 5.41) is 33.1. The number of nitrogens with two attached hydrogens (primary N) is 2. The van der Waals surface area contributed by atoms with E-state index in [1.165, 1.54) is 0 Å². The van der Waals surface area contributed by atoms with Crippen LogP contribution in [-0.4, -0.2) is 82.2 Å². The third-order valence-corrected chi connectivity index (χ3v) is 3.32. The topological polar surface area (TPSA) is 251 Å². The fourth-order valence-electron chi connectivity index (χ4n) is 1.93. The Balaban J connectivity index is 5.27. The molecular formula is C14H23N5O9. The van der Waals surface area contributed by atoms with Crippen molar-refractivity contribution in [2.24, 2.45) is 11.5 Å². The van der Waals surface area contributed by atoms with Gasteiger partial charge in [-0.05, 0) is 6.42 Å². The van der Waals surface area contributed by atoms with Gasteiger partial charge >= 0.3 is 11.9 Å². The second-order valence-electron chi connectivity index (χ2n) is 5.57. The van der Waals surface area contributed by atoms with Crippen LogP contribution in [0.2, 0.25) is 0 Å². The van der Waals surface area contributed by atoms with Crippen LogP contribution in [0.5, 0.6) is 0 Å². The summed E-state index contributed by atoms with van der Waals surface area (Å²) in [5.41, 5.74) is 9.98. The van der Waals surface area contributed by atoms with Gasteiger partial charge in [-0.25, -0.2) is 4.79 Å². The number of carboxylic acid groups (broad SMARTS) is 2. The quantitative estimate of drug-likeness (QED) is 0.145. The van der Waals surface area contributed by atoms with Crippen molar-refractivity contribution in [3.63, 3.8) is 0 Å². The van der Waals surface area contributed by atoms with E-state index in [0.717, 1.165) is 0 Å². The lowest BCUT2D eigenvalue weighted by Gasteiger charge is -2.23. The summed E-state index contributed by atoms with van der Waals surface area (Å²) < 4.78 is 0. The smallest absolute Gasteiger partial charge is 0.326 e. The van der Waals surface area contributed by atoms with Gasteiger partial charge in [-0.2, -0.15) is 0 Å². The monoisotopic (exact) mass is 405 g/mol. The summed E-state index contributed by atoms with van der Waals surface area (Å²) in [4.78, 5) is 68.4. The number of hydrogen-bond acceptors (Lipinski definition) is 8. The normalized spacial score (nSPS) is 13.5. The van der Waals surface area contributed by atoms with E-state index in [1.807, 2.05) is 5.32 Å². The second-order valence-corrected chi connectivity index (χ2v) is 5.57. The first-order chi connectivity index (χ1) is 13.0. The summed E-state index contributed by atoms with van der Waals surface area (Å²) in [6, 6.07) is -4.70. The molecule has 0 aromatic heterocycles. The molecule has 0 fully saturated rings. The molecule has 158 valence electrons. The Kier molecular flexibility index (Phi) is 10.8. The van der Waals surface area contributed by atoms with E-state index in [4.69, 9.17) is 21.7 Å². The first-order valence-electron chi connectivity index (χ1n) is 7.95. The maximum Gasteiger partial charge on any atom is 0.326 e. The van der Waals surface area contributed by atoms with E-state index in [2.05, 4.69) is 10.6 Å². The highest BCUT2D eigenvalue weighted by Crippen LogP contribution is 2.02. The lowest BCUT2D eigenvalue weighted by Crippen LogP contribution is -2.57. The van der Waals surface area contributed by atoms with E-state index in [0.29, 0.717) is 0 Å². The van der Waals surface area contributed by atoms with Crippen LogP contribution in [0.4, 0.5) is 0 Å². The fourth-order valence-corrected chi connectivity index (χ4v) is 1.93. The molecule has 0 saturated carbocycles. The molecule has 4 amide bonds. The molecule has 0 aliphatic carbocycles. The molecule has 0 radical (unpaired) electrons. The molecule has 0 saturated heterocycles. The molecule has 0 rings (SSSR count). The zero-order valence-electron chi connectivity index (χ0n) is 14.7. The summed E-state index contributed by atoms with van der Waals surface area (Å²) in [7, 11) is 0. The van der Waals surface area contributed by atoms with E-state index in [-0.39, 0.29) is 0 Å². The van der Waals surface area contributed by atoms with E-state index < -0.39 is 86.1 Å². The van der Waals surface area contributed by atoms with Gasteiger partial charge in [-0.3, -0.25) is 24.0 Å². The molecule has 0 heterocycles. The van der Waals surface area contributed by atoms with E-state index >= 15 is 0 Å². The minimum absolute atomic E-state index is 0.432. The molecular weight excluding hydrogens is 382 g/mol. The Morgan fingerprint density at radius 3 is 1.82 bits per heavy atom. The third-order valence-electron chi connectivity index (χ3n) is 3.32. The molecule has 0 aliphatic heterocycles. The van der Waals surface area contributed by atoms with Crippen LogP contribution in [-0.2, 0) is 28.8 Å². The predicted molar refractivity (Wildman–Crippen MR) is 90.2 cm³/mol. The Morgan fingerprint density at radius 1 is 0.857 bits per heavy atom. The molecule has 3 atom stereocenters. The van der Waals surface area contributed by atoms with Gasteiger partial charge in [-0.1, -0.05) is 0 Å². The predicted octanol–water partition coefficient (Wildman–Crippen LogP) is -4.78. The number of carbonyl (C=O) groups excluding carboxylic acids is 4. The van der Waals surface area contributed by atoms with Crippen LogP contribution in [0.3, 0.4) is 0 Å². The highest BCUT2D eigenvalue weighted by atomic mass is 16.4. The van der Waals surface area contributed by atoms with E-state index in [9.17, 15) is 33.9 Å². The zero-order chi connectivity index (χ0) is 21.9. The molecule has 3 unspecified atom stereocenters. The fraction of sp³-hybridized carbons (Fsp3) is 0.571. The SMILES string of the molecule is NCC(=O)NC(CO)C(=O)NC(CCC(=O)O)C(=O)NC(CC(N)=O)C(=O)O. The number of hydrogen-bond donors (Lipinski definition) is 8. The Morgan fingerprint density at radius 2 is 1.39 bits per heavy atom. The number of primary amides is 1. The molecule has 14 nitrogen and oxygen atoms in total. The van der Waals surface area contributed by atoms with Crippen molar-refractivity contribution in [1.82, 2.24) is 16.0 Å². The summed E-state index contributed by atoms with van der Waals surface area (Å²) in [6.45, 7) is -1.32. The first-order valence-corrected chi connectivity index (χ1v) is 7.95. The standard InChI is InChI=1S/C14H23N5O9/c15-4-10(22)17-8(5-20)13(26)18-6(1-2-11(23)24)12(25)19-7(14(27)28)3-9(16)21/h6-8,20H,1-5,15H2,(H2,16,21)(H,17,22)(H,18,26)(H,19,25)(H,23,24)(H,27,28). The van der Waals surface area contributed by atoms with Gasteiger partial charge < -0.3 is 42.7 Å². The number of aliphatic carboxylic acids is 2. The van der Waals surface area contributed by atoms with Crippen LogP contribution in [0.15, 0.2) is 0 Å². The number of carbonyl (C=O) groups is 6. The molecule has 0 aliphatic rings. The number of amides is 4. The van der Waals surface area contributed by atoms with E-state index in [1.54, 1.807) is 0 Å². The van der Waals surface area contributed by atoms with Crippen molar-refractivity contribution in [3.8, 4) is 0 Å². The highest BCUT2D eigenvalue weighted by molar-refractivity contribution is 5.94. The van der Waals surface area contributed by atoms with Crippen LogP contribution in [0, 0.1) is 0 Å². The highest BCUT2D eigenvalue weighted by Gasteiger charge is 2.30. The van der Waals surface area contributed by atoms with Gasteiger partial charge in [0.05, 0.1) is 19.6 Å². The average Bonchev–Trinajstić information content (AvgIpc) is 2.61. The van der Waals surface area contributed by atoms with Gasteiger partial charge in [0.2, 0.25) is 23.6 Å². The molecule has 14 heteroatoms. The Hall–Kier alpha value is -3.26.